The average molecular weight is 510 g/mol. The van der Waals surface area contributed by atoms with Crippen LogP contribution in [-0.4, -0.2) is 62.5 Å². The molecule has 37 heavy (non-hydrogen) atoms. The maximum Gasteiger partial charge on any atom is 0.290 e. The zero-order valence-corrected chi connectivity index (χ0v) is 23.4. The number of furan rings is 1. The second-order valence-corrected chi connectivity index (χ2v) is 13.6. The van der Waals surface area contributed by atoms with Gasteiger partial charge in [-0.05, 0) is 57.9 Å². The standard InChI is InChI=1S/C30H43N3O4/c1-28(2,3)21-14-22(19-10-8-7-9-11-19)31-23-15-24(37-25(21)23)27(35)33-13-12-32(18-29(33,4)5)26(34)20-16-30(6,36)17-20/h14-15,19-20,36H,7-13,16-18H2,1-6H3/t20-,30+. The number of nitrogens with zero attached hydrogens (tertiary/aromatic N) is 3. The number of piperazine rings is 1. The molecule has 1 saturated heterocycles. The van der Waals surface area contributed by atoms with E-state index in [0.29, 0.717) is 49.7 Å². The van der Waals surface area contributed by atoms with Crippen molar-refractivity contribution in [1.29, 1.82) is 0 Å². The second-order valence-electron chi connectivity index (χ2n) is 13.6. The number of amides is 2. The van der Waals surface area contributed by atoms with Crippen molar-refractivity contribution in [1.82, 2.24) is 14.8 Å². The number of hydrogen-bond acceptors (Lipinski definition) is 5. The Morgan fingerprint density at radius 2 is 1.73 bits per heavy atom. The minimum atomic E-state index is -0.730. The summed E-state index contributed by atoms with van der Waals surface area (Å²) in [5.74, 6) is 0.600. The molecule has 2 aromatic rings. The molecule has 0 aromatic carbocycles. The van der Waals surface area contributed by atoms with Crippen molar-refractivity contribution < 1.29 is 19.1 Å². The quantitative estimate of drug-likeness (QED) is 0.599. The van der Waals surface area contributed by atoms with Gasteiger partial charge < -0.3 is 19.3 Å². The zero-order chi connectivity index (χ0) is 26.8. The molecule has 7 nitrogen and oxygen atoms in total. The summed E-state index contributed by atoms with van der Waals surface area (Å²) < 4.78 is 6.28. The molecule has 0 radical (unpaired) electrons. The number of carbonyl (C=O) groups excluding carboxylic acids is 2. The van der Waals surface area contributed by atoms with Crippen molar-refractivity contribution in [3.8, 4) is 0 Å². The van der Waals surface area contributed by atoms with E-state index in [0.717, 1.165) is 16.8 Å². The van der Waals surface area contributed by atoms with Gasteiger partial charge in [0.25, 0.3) is 5.91 Å². The lowest BCUT2D eigenvalue weighted by molar-refractivity contribution is -0.153. The van der Waals surface area contributed by atoms with Crippen molar-refractivity contribution >= 4 is 22.9 Å². The molecule has 202 valence electrons. The molecule has 0 bridgehead atoms. The van der Waals surface area contributed by atoms with Crippen LogP contribution < -0.4 is 0 Å². The molecular weight excluding hydrogens is 466 g/mol. The number of carbonyl (C=O) groups is 2. The van der Waals surface area contributed by atoms with Crippen LogP contribution in [0.25, 0.3) is 11.1 Å². The molecule has 0 spiro atoms. The summed E-state index contributed by atoms with van der Waals surface area (Å²) >= 11 is 0. The van der Waals surface area contributed by atoms with Gasteiger partial charge in [-0.25, -0.2) is 4.98 Å². The van der Waals surface area contributed by atoms with E-state index >= 15 is 0 Å². The van der Waals surface area contributed by atoms with Crippen molar-refractivity contribution in [3.05, 3.63) is 29.2 Å². The third-order valence-electron chi connectivity index (χ3n) is 8.72. The fourth-order valence-corrected chi connectivity index (χ4v) is 6.60. The molecule has 2 aliphatic carbocycles. The highest BCUT2D eigenvalue weighted by Crippen LogP contribution is 2.40. The molecule has 2 saturated carbocycles. The van der Waals surface area contributed by atoms with Gasteiger partial charge in [0, 0.05) is 48.8 Å². The summed E-state index contributed by atoms with van der Waals surface area (Å²) in [5.41, 5.74) is 2.29. The highest BCUT2D eigenvalue weighted by Gasteiger charge is 2.47. The van der Waals surface area contributed by atoms with Gasteiger partial charge in [0.15, 0.2) is 11.3 Å². The first kappa shape index (κ1) is 26.2. The van der Waals surface area contributed by atoms with E-state index in [9.17, 15) is 14.7 Å². The average Bonchev–Trinajstić information content (AvgIpc) is 3.24. The van der Waals surface area contributed by atoms with Crippen LogP contribution in [0.5, 0.6) is 0 Å². The smallest absolute Gasteiger partial charge is 0.290 e. The first-order valence-electron chi connectivity index (χ1n) is 14.0. The normalized spacial score (nSPS) is 26.8. The third-order valence-corrected chi connectivity index (χ3v) is 8.72. The zero-order valence-electron chi connectivity index (χ0n) is 23.4. The van der Waals surface area contributed by atoms with Crippen molar-refractivity contribution in [3.63, 3.8) is 0 Å². The van der Waals surface area contributed by atoms with E-state index in [4.69, 9.17) is 9.40 Å². The van der Waals surface area contributed by atoms with Crippen LogP contribution in [0.2, 0.25) is 0 Å². The molecule has 1 aliphatic heterocycles. The van der Waals surface area contributed by atoms with Gasteiger partial charge in [-0.3, -0.25) is 9.59 Å². The Labute approximate surface area is 220 Å². The van der Waals surface area contributed by atoms with Gasteiger partial charge >= 0.3 is 0 Å². The van der Waals surface area contributed by atoms with Gasteiger partial charge in [0.05, 0.1) is 11.1 Å². The number of pyridine rings is 1. The molecule has 3 fully saturated rings. The maximum atomic E-state index is 13.8. The lowest BCUT2D eigenvalue weighted by Crippen LogP contribution is -2.63. The van der Waals surface area contributed by atoms with Crippen LogP contribution in [0.15, 0.2) is 16.5 Å². The Kier molecular flexibility index (Phi) is 6.45. The summed E-state index contributed by atoms with van der Waals surface area (Å²) in [6.07, 6.45) is 7.14. The minimum Gasteiger partial charge on any atom is -0.449 e. The Morgan fingerprint density at radius 3 is 2.32 bits per heavy atom. The van der Waals surface area contributed by atoms with Crippen LogP contribution in [0.1, 0.15) is 114 Å². The first-order chi connectivity index (χ1) is 17.2. The van der Waals surface area contributed by atoms with E-state index in [2.05, 4.69) is 26.8 Å². The van der Waals surface area contributed by atoms with E-state index in [1.54, 1.807) is 6.92 Å². The van der Waals surface area contributed by atoms with E-state index in [1.807, 2.05) is 29.7 Å². The molecule has 1 N–H and O–H groups in total. The molecule has 2 aromatic heterocycles. The summed E-state index contributed by atoms with van der Waals surface area (Å²) in [4.78, 5) is 35.5. The molecule has 0 unspecified atom stereocenters. The highest BCUT2D eigenvalue weighted by atomic mass is 16.3. The molecule has 5 rings (SSSR count). The number of aromatic nitrogens is 1. The first-order valence-corrected chi connectivity index (χ1v) is 14.0. The van der Waals surface area contributed by atoms with Crippen LogP contribution in [0.3, 0.4) is 0 Å². The number of rotatable bonds is 3. The second kappa shape index (κ2) is 9.11. The van der Waals surface area contributed by atoms with Crippen molar-refractivity contribution in [2.75, 3.05) is 19.6 Å². The van der Waals surface area contributed by atoms with Gasteiger partial charge in [0.1, 0.15) is 5.52 Å². The molecule has 3 aliphatic rings. The highest BCUT2D eigenvalue weighted by molar-refractivity contribution is 5.96. The monoisotopic (exact) mass is 509 g/mol. The van der Waals surface area contributed by atoms with E-state index in [-0.39, 0.29) is 23.1 Å². The summed E-state index contributed by atoms with van der Waals surface area (Å²) in [7, 11) is 0. The largest absolute Gasteiger partial charge is 0.449 e. The van der Waals surface area contributed by atoms with Gasteiger partial charge in [0.2, 0.25) is 5.91 Å². The van der Waals surface area contributed by atoms with E-state index in [1.165, 1.54) is 32.1 Å². The Bertz CT molecular complexity index is 1190. The van der Waals surface area contributed by atoms with Crippen molar-refractivity contribution in [2.24, 2.45) is 5.92 Å². The molecule has 2 amide bonds. The minimum absolute atomic E-state index is 0.0877. The Morgan fingerprint density at radius 1 is 1.05 bits per heavy atom. The SMILES string of the molecule is CC(C)(C)c1cc(C2CCCCC2)nc2cc(C(=O)N3CCN(C(=O)[C@H]4C[C@@](C)(O)C4)CC3(C)C)oc12. The summed E-state index contributed by atoms with van der Waals surface area (Å²) in [6, 6.07) is 4.03. The maximum absolute atomic E-state index is 13.8. The summed E-state index contributed by atoms with van der Waals surface area (Å²) in [6.45, 7) is 13.7. The molecule has 7 heteroatoms. The fourth-order valence-electron chi connectivity index (χ4n) is 6.60. The van der Waals surface area contributed by atoms with E-state index < -0.39 is 11.1 Å². The summed E-state index contributed by atoms with van der Waals surface area (Å²) in [5, 5.41) is 10.1. The predicted octanol–water partition coefficient (Wildman–Crippen LogP) is 5.40. The van der Waals surface area contributed by atoms with Crippen LogP contribution in [0.4, 0.5) is 0 Å². The Balaban J connectivity index is 1.39. The van der Waals surface area contributed by atoms with Crippen LogP contribution in [-0.2, 0) is 10.2 Å². The van der Waals surface area contributed by atoms with Gasteiger partial charge in [-0.15, -0.1) is 0 Å². The topological polar surface area (TPSA) is 86.9 Å². The van der Waals surface area contributed by atoms with Crippen LogP contribution >= 0.6 is 0 Å². The predicted molar refractivity (Wildman–Crippen MR) is 144 cm³/mol. The molecule has 3 heterocycles. The number of fused-ring (bicyclic) bond motifs is 1. The number of hydrogen-bond donors (Lipinski definition) is 1. The van der Waals surface area contributed by atoms with Gasteiger partial charge in [-0.2, -0.15) is 0 Å². The third kappa shape index (κ3) is 5.04. The van der Waals surface area contributed by atoms with Crippen molar-refractivity contribution in [2.45, 2.75) is 109 Å². The van der Waals surface area contributed by atoms with Crippen LogP contribution in [0, 0.1) is 5.92 Å². The molecule has 0 atom stereocenters. The lowest BCUT2D eigenvalue weighted by atomic mass is 9.71. The number of aliphatic hydroxyl groups is 1. The molecular formula is C30H43N3O4. The van der Waals surface area contributed by atoms with Gasteiger partial charge in [-0.1, -0.05) is 40.0 Å². The lowest BCUT2D eigenvalue weighted by Gasteiger charge is -2.49. The fraction of sp³-hybridized carbons (Fsp3) is 0.700. The Hall–Kier alpha value is -2.41.